The van der Waals surface area contributed by atoms with E-state index in [4.69, 9.17) is 21.0 Å². The van der Waals surface area contributed by atoms with Gasteiger partial charge in [0.05, 0.1) is 5.57 Å². The van der Waals surface area contributed by atoms with Crippen LogP contribution >= 0.6 is 0 Å². The standard InChI is InChI=1S/C18H11N5/c1-23(2)18-7-4-14(5-8-18)3-6-16(17(12-21)13-22)9-15(10-19)11-20/h4-5,7-9H,1-2H3. The number of benzene rings is 1. The highest BCUT2D eigenvalue weighted by atomic mass is 15.1. The van der Waals surface area contributed by atoms with E-state index in [1.807, 2.05) is 31.1 Å². The Morgan fingerprint density at radius 2 is 1.48 bits per heavy atom. The summed E-state index contributed by atoms with van der Waals surface area (Å²) in [5, 5.41) is 35.5. The molecule has 0 saturated heterocycles. The van der Waals surface area contributed by atoms with Crippen LogP contribution in [0.25, 0.3) is 0 Å². The number of anilines is 1. The zero-order valence-electron chi connectivity index (χ0n) is 12.6. The van der Waals surface area contributed by atoms with Gasteiger partial charge in [0.1, 0.15) is 35.4 Å². The molecule has 0 unspecified atom stereocenters. The second kappa shape index (κ2) is 8.34. The maximum absolute atomic E-state index is 8.95. The minimum absolute atomic E-state index is 0.0461. The van der Waals surface area contributed by atoms with E-state index in [0.29, 0.717) is 5.56 Å². The quantitative estimate of drug-likeness (QED) is 0.474. The average molecular weight is 297 g/mol. The van der Waals surface area contributed by atoms with Crippen LogP contribution in [0.2, 0.25) is 0 Å². The van der Waals surface area contributed by atoms with Crippen LogP contribution in [-0.4, -0.2) is 14.1 Å². The monoisotopic (exact) mass is 297 g/mol. The van der Waals surface area contributed by atoms with Gasteiger partial charge in [-0.1, -0.05) is 11.8 Å². The molecular formula is C18H11N5. The smallest absolute Gasteiger partial charge is 0.145 e. The lowest BCUT2D eigenvalue weighted by molar-refractivity contribution is 1.13. The van der Waals surface area contributed by atoms with Crippen molar-refractivity contribution >= 4 is 5.69 Å². The number of nitriles is 4. The van der Waals surface area contributed by atoms with Gasteiger partial charge in [0, 0.05) is 25.3 Å². The lowest BCUT2D eigenvalue weighted by Crippen LogP contribution is -2.07. The average Bonchev–Trinajstić information content (AvgIpc) is 2.58. The molecule has 1 rings (SSSR count). The summed E-state index contributed by atoms with van der Waals surface area (Å²) in [4.78, 5) is 1.95. The van der Waals surface area contributed by atoms with Gasteiger partial charge in [-0.3, -0.25) is 0 Å². The van der Waals surface area contributed by atoms with E-state index in [2.05, 4.69) is 11.8 Å². The molecule has 5 nitrogen and oxygen atoms in total. The van der Waals surface area contributed by atoms with Crippen molar-refractivity contribution in [3.05, 3.63) is 52.6 Å². The second-order valence-corrected chi connectivity index (χ2v) is 4.49. The summed E-state index contributed by atoms with van der Waals surface area (Å²) in [5.74, 6) is 5.50. The van der Waals surface area contributed by atoms with Crippen molar-refractivity contribution < 1.29 is 0 Å². The van der Waals surface area contributed by atoms with Gasteiger partial charge in [0.2, 0.25) is 0 Å². The maximum Gasteiger partial charge on any atom is 0.145 e. The van der Waals surface area contributed by atoms with Crippen LogP contribution in [-0.2, 0) is 0 Å². The summed E-state index contributed by atoms with van der Waals surface area (Å²) < 4.78 is 0. The SMILES string of the molecule is CN(C)c1ccc(C#CC(C=C(C#N)C#N)=C(C#N)C#N)cc1. The third-order valence-corrected chi connectivity index (χ3v) is 2.75. The molecule has 0 N–H and O–H groups in total. The van der Waals surface area contributed by atoms with Crippen LogP contribution in [0.15, 0.2) is 47.1 Å². The van der Waals surface area contributed by atoms with E-state index < -0.39 is 0 Å². The highest BCUT2D eigenvalue weighted by Crippen LogP contribution is 2.12. The molecule has 0 heterocycles. The maximum atomic E-state index is 8.95. The van der Waals surface area contributed by atoms with Gasteiger partial charge in [-0.25, -0.2) is 0 Å². The topological polar surface area (TPSA) is 98.4 Å². The minimum Gasteiger partial charge on any atom is -0.378 e. The normalized spacial score (nSPS) is 7.91. The van der Waals surface area contributed by atoms with E-state index in [0.717, 1.165) is 11.8 Å². The first-order valence-corrected chi connectivity index (χ1v) is 6.41. The lowest BCUT2D eigenvalue weighted by atomic mass is 10.1. The third-order valence-electron chi connectivity index (χ3n) is 2.75. The number of hydrogen-bond donors (Lipinski definition) is 0. The van der Waals surface area contributed by atoms with Gasteiger partial charge in [-0.2, -0.15) is 21.0 Å². The Kier molecular flexibility index (Phi) is 6.19. The summed E-state index contributed by atoms with van der Waals surface area (Å²) in [7, 11) is 3.84. The van der Waals surface area contributed by atoms with Crippen LogP contribution in [0.4, 0.5) is 5.69 Å². The highest BCUT2D eigenvalue weighted by molar-refractivity contribution is 5.59. The zero-order valence-corrected chi connectivity index (χ0v) is 12.6. The predicted octanol–water partition coefficient (Wildman–Crippen LogP) is 2.42. The van der Waals surface area contributed by atoms with E-state index in [-0.39, 0.29) is 16.7 Å². The Morgan fingerprint density at radius 3 is 1.91 bits per heavy atom. The van der Waals surface area contributed by atoms with Gasteiger partial charge in [0.25, 0.3) is 0 Å². The molecule has 5 heteroatoms. The van der Waals surface area contributed by atoms with Crippen LogP contribution in [0.1, 0.15) is 5.56 Å². The van der Waals surface area contributed by atoms with Crippen molar-refractivity contribution in [2.75, 3.05) is 19.0 Å². The van der Waals surface area contributed by atoms with Crippen molar-refractivity contribution in [1.82, 2.24) is 0 Å². The van der Waals surface area contributed by atoms with E-state index in [1.165, 1.54) is 0 Å². The number of allylic oxidation sites excluding steroid dienone is 4. The van der Waals surface area contributed by atoms with E-state index in [1.54, 1.807) is 36.4 Å². The third kappa shape index (κ3) is 4.81. The van der Waals surface area contributed by atoms with Crippen molar-refractivity contribution in [2.24, 2.45) is 0 Å². The summed E-state index contributed by atoms with van der Waals surface area (Å²) >= 11 is 0. The van der Waals surface area contributed by atoms with Gasteiger partial charge < -0.3 is 4.90 Å². The number of nitrogens with zero attached hydrogens (tertiary/aromatic N) is 5. The Hall–Kier alpha value is -3.98. The number of hydrogen-bond acceptors (Lipinski definition) is 5. The summed E-state index contributed by atoms with van der Waals surface area (Å²) in [5.41, 5.74) is 1.28. The molecule has 0 amide bonds. The number of rotatable bonds is 2. The Labute approximate surface area is 135 Å². The first kappa shape index (κ1) is 17.1. The van der Waals surface area contributed by atoms with Crippen molar-refractivity contribution in [3.8, 4) is 36.1 Å². The molecule has 1 aromatic rings. The second-order valence-electron chi connectivity index (χ2n) is 4.49. The van der Waals surface area contributed by atoms with Crippen LogP contribution in [0.3, 0.4) is 0 Å². The van der Waals surface area contributed by atoms with Crippen molar-refractivity contribution in [1.29, 1.82) is 21.0 Å². The molecule has 0 fully saturated rings. The van der Waals surface area contributed by atoms with Gasteiger partial charge >= 0.3 is 0 Å². The van der Waals surface area contributed by atoms with Gasteiger partial charge in [-0.05, 0) is 30.3 Å². The molecular weight excluding hydrogens is 286 g/mol. The van der Waals surface area contributed by atoms with Crippen LogP contribution in [0.5, 0.6) is 0 Å². The molecule has 0 spiro atoms. The van der Waals surface area contributed by atoms with Crippen LogP contribution in [0, 0.1) is 57.2 Å². The van der Waals surface area contributed by atoms with Gasteiger partial charge in [0.15, 0.2) is 0 Å². The zero-order chi connectivity index (χ0) is 17.2. The Bertz CT molecular complexity index is 845. The Balaban J connectivity index is 3.31. The fourth-order valence-electron chi connectivity index (χ4n) is 1.53. The summed E-state index contributed by atoms with van der Waals surface area (Å²) in [6.45, 7) is 0. The molecule has 0 aromatic heterocycles. The van der Waals surface area contributed by atoms with Crippen molar-refractivity contribution in [3.63, 3.8) is 0 Å². The van der Waals surface area contributed by atoms with Gasteiger partial charge in [-0.15, -0.1) is 0 Å². The predicted molar refractivity (Wildman–Crippen MR) is 85.2 cm³/mol. The first-order chi connectivity index (χ1) is 11.0. The van der Waals surface area contributed by atoms with E-state index >= 15 is 0 Å². The lowest BCUT2D eigenvalue weighted by Gasteiger charge is -2.11. The fraction of sp³-hybridized carbons (Fsp3) is 0.111. The summed E-state index contributed by atoms with van der Waals surface area (Å²) in [6, 6.07) is 14.2. The fourth-order valence-corrected chi connectivity index (χ4v) is 1.53. The molecule has 0 aliphatic heterocycles. The minimum atomic E-state index is -0.245. The van der Waals surface area contributed by atoms with Crippen molar-refractivity contribution in [2.45, 2.75) is 0 Å². The molecule has 0 aliphatic rings. The highest BCUT2D eigenvalue weighted by Gasteiger charge is 2.03. The molecule has 0 radical (unpaired) electrons. The molecule has 1 aromatic carbocycles. The molecule has 0 saturated carbocycles. The molecule has 23 heavy (non-hydrogen) atoms. The molecule has 0 aliphatic carbocycles. The van der Waals surface area contributed by atoms with Crippen LogP contribution < -0.4 is 4.90 Å². The molecule has 0 atom stereocenters. The summed E-state index contributed by atoms with van der Waals surface area (Å²) in [6.07, 6.45) is 1.14. The first-order valence-electron chi connectivity index (χ1n) is 6.41. The largest absolute Gasteiger partial charge is 0.378 e. The van der Waals surface area contributed by atoms with E-state index in [9.17, 15) is 0 Å². The molecule has 0 bridgehead atoms. The Morgan fingerprint density at radius 1 is 0.913 bits per heavy atom. The molecule has 108 valence electrons.